The first-order valence-electron chi connectivity index (χ1n) is 7.67. The molecule has 0 spiro atoms. The normalized spacial score (nSPS) is 16.8. The number of carbonyl (C=O) groups is 1. The number of benzene rings is 1. The molecule has 9 heteroatoms. The van der Waals surface area contributed by atoms with Crippen molar-refractivity contribution >= 4 is 39.1 Å². The van der Waals surface area contributed by atoms with Crippen LogP contribution in [0.25, 0.3) is 0 Å². The topological polar surface area (TPSA) is 75.7 Å². The third-order valence-electron chi connectivity index (χ3n) is 3.83. The second-order valence-corrected chi connectivity index (χ2v) is 8.61. The number of halogens is 2. The fourth-order valence-electron chi connectivity index (χ4n) is 2.47. The summed E-state index contributed by atoms with van der Waals surface area (Å²) in [6.07, 6.45) is 1.18. The van der Waals surface area contributed by atoms with Crippen molar-refractivity contribution in [2.45, 2.75) is 25.8 Å². The number of hydrogen-bond donors (Lipinski definition) is 1. The minimum atomic E-state index is -3.16. The van der Waals surface area contributed by atoms with E-state index in [9.17, 15) is 13.2 Å². The van der Waals surface area contributed by atoms with Gasteiger partial charge in [0.1, 0.15) is 5.75 Å². The van der Waals surface area contributed by atoms with Crippen LogP contribution in [0.5, 0.6) is 5.75 Å². The maximum absolute atomic E-state index is 12.0. The number of ether oxygens (including phenoxy) is 1. The van der Waals surface area contributed by atoms with Gasteiger partial charge in [0.05, 0.1) is 10.8 Å². The molecule has 6 nitrogen and oxygen atoms in total. The monoisotopic (exact) mass is 394 g/mol. The lowest BCUT2D eigenvalue weighted by molar-refractivity contribution is -0.124. The smallest absolute Gasteiger partial charge is 0.258 e. The molecule has 0 atom stereocenters. The summed E-state index contributed by atoms with van der Waals surface area (Å²) in [5.41, 5.74) is 0. The summed E-state index contributed by atoms with van der Waals surface area (Å²) in [5.74, 6) is 0.220. The zero-order valence-corrected chi connectivity index (χ0v) is 15.6. The van der Waals surface area contributed by atoms with Crippen molar-refractivity contribution in [1.29, 1.82) is 0 Å². The Bertz CT molecular complexity index is 689. The maximum atomic E-state index is 12.0. The van der Waals surface area contributed by atoms with Gasteiger partial charge in [0, 0.05) is 24.2 Å². The molecule has 1 fully saturated rings. The van der Waals surface area contributed by atoms with Crippen LogP contribution >= 0.6 is 23.2 Å². The van der Waals surface area contributed by atoms with Gasteiger partial charge in [0.15, 0.2) is 6.61 Å². The number of nitrogens with one attached hydrogen (secondary N) is 1. The SMILES string of the molecule is CCS(=O)(=O)N1CCC(NC(=O)COc2ccc(Cl)cc2Cl)CC1. The second kappa shape index (κ2) is 8.38. The fourth-order valence-corrected chi connectivity index (χ4v) is 4.06. The summed E-state index contributed by atoms with van der Waals surface area (Å²) >= 11 is 11.8. The van der Waals surface area contributed by atoms with Crippen molar-refractivity contribution in [3.05, 3.63) is 28.2 Å². The Morgan fingerprint density at radius 3 is 2.58 bits per heavy atom. The average molecular weight is 395 g/mol. The summed E-state index contributed by atoms with van der Waals surface area (Å²) in [6.45, 7) is 2.31. The molecule has 134 valence electrons. The van der Waals surface area contributed by atoms with E-state index in [1.807, 2.05) is 0 Å². The number of nitrogens with zero attached hydrogens (tertiary/aromatic N) is 1. The Morgan fingerprint density at radius 2 is 2.00 bits per heavy atom. The number of rotatable bonds is 6. The Labute approximate surface area is 152 Å². The Hall–Kier alpha value is -1.02. The molecule has 1 aromatic carbocycles. The molecule has 0 bridgehead atoms. The molecule has 1 amide bonds. The summed E-state index contributed by atoms with van der Waals surface area (Å²) in [4.78, 5) is 12.0. The lowest BCUT2D eigenvalue weighted by atomic mass is 10.1. The molecule has 1 N–H and O–H groups in total. The van der Waals surface area contributed by atoms with Crippen molar-refractivity contribution in [1.82, 2.24) is 9.62 Å². The zero-order valence-electron chi connectivity index (χ0n) is 13.3. The van der Waals surface area contributed by atoms with Crippen molar-refractivity contribution in [2.24, 2.45) is 0 Å². The van der Waals surface area contributed by atoms with Crippen molar-refractivity contribution in [3.63, 3.8) is 0 Å². The van der Waals surface area contributed by atoms with Gasteiger partial charge in [-0.3, -0.25) is 4.79 Å². The summed E-state index contributed by atoms with van der Waals surface area (Å²) in [5, 5.41) is 3.69. The lowest BCUT2D eigenvalue weighted by Gasteiger charge is -2.31. The van der Waals surface area contributed by atoms with E-state index < -0.39 is 10.0 Å². The van der Waals surface area contributed by atoms with Crippen LogP contribution in [0.3, 0.4) is 0 Å². The first-order valence-corrected chi connectivity index (χ1v) is 10.0. The highest BCUT2D eigenvalue weighted by Gasteiger charge is 2.27. The highest BCUT2D eigenvalue weighted by molar-refractivity contribution is 7.89. The largest absolute Gasteiger partial charge is 0.482 e. The number of hydrogen-bond acceptors (Lipinski definition) is 4. The molecule has 0 radical (unpaired) electrons. The van der Waals surface area contributed by atoms with Crippen LogP contribution < -0.4 is 10.1 Å². The highest BCUT2D eigenvalue weighted by atomic mass is 35.5. The molecule has 1 saturated heterocycles. The summed E-state index contributed by atoms with van der Waals surface area (Å²) in [7, 11) is -3.16. The van der Waals surface area contributed by atoms with E-state index in [0.29, 0.717) is 41.7 Å². The maximum Gasteiger partial charge on any atom is 0.258 e. The van der Waals surface area contributed by atoms with Gasteiger partial charge in [-0.25, -0.2) is 12.7 Å². The fraction of sp³-hybridized carbons (Fsp3) is 0.533. The molecule has 1 aromatic rings. The van der Waals surface area contributed by atoms with E-state index >= 15 is 0 Å². The number of sulfonamides is 1. The van der Waals surface area contributed by atoms with Crippen molar-refractivity contribution in [2.75, 3.05) is 25.4 Å². The minimum Gasteiger partial charge on any atom is -0.482 e. The molecule has 1 heterocycles. The van der Waals surface area contributed by atoms with Crippen molar-refractivity contribution < 1.29 is 17.9 Å². The van der Waals surface area contributed by atoms with E-state index in [1.165, 1.54) is 4.31 Å². The van der Waals surface area contributed by atoms with E-state index in [1.54, 1.807) is 25.1 Å². The molecule has 2 rings (SSSR count). The van der Waals surface area contributed by atoms with Crippen LogP contribution in [0.2, 0.25) is 10.0 Å². The average Bonchev–Trinajstić information content (AvgIpc) is 2.54. The van der Waals surface area contributed by atoms with Gasteiger partial charge in [-0.15, -0.1) is 0 Å². The van der Waals surface area contributed by atoms with Crippen LogP contribution in [0.1, 0.15) is 19.8 Å². The molecule has 1 aliphatic rings. The lowest BCUT2D eigenvalue weighted by Crippen LogP contribution is -2.47. The van der Waals surface area contributed by atoms with Gasteiger partial charge in [-0.2, -0.15) is 0 Å². The van der Waals surface area contributed by atoms with Gasteiger partial charge in [0.25, 0.3) is 5.91 Å². The molecule has 0 aliphatic carbocycles. The predicted molar refractivity (Wildman–Crippen MR) is 94.2 cm³/mol. The molecular weight excluding hydrogens is 375 g/mol. The van der Waals surface area contributed by atoms with Crippen LogP contribution in [0.4, 0.5) is 0 Å². The number of carbonyl (C=O) groups excluding carboxylic acids is 1. The van der Waals surface area contributed by atoms with Gasteiger partial charge in [0.2, 0.25) is 10.0 Å². The third-order valence-corrected chi connectivity index (χ3v) is 6.24. The van der Waals surface area contributed by atoms with Gasteiger partial charge >= 0.3 is 0 Å². The van der Waals surface area contributed by atoms with Gasteiger partial charge < -0.3 is 10.1 Å². The molecule has 0 saturated carbocycles. The van der Waals surface area contributed by atoms with Crippen LogP contribution in [0, 0.1) is 0 Å². The highest BCUT2D eigenvalue weighted by Crippen LogP contribution is 2.27. The summed E-state index contributed by atoms with van der Waals surface area (Å²) < 4.78 is 30.4. The number of amides is 1. The Balaban J connectivity index is 1.78. The van der Waals surface area contributed by atoms with Gasteiger partial charge in [-0.1, -0.05) is 23.2 Å². The van der Waals surface area contributed by atoms with Crippen LogP contribution in [-0.4, -0.2) is 50.1 Å². The van der Waals surface area contributed by atoms with E-state index in [4.69, 9.17) is 27.9 Å². The minimum absolute atomic E-state index is 0.0508. The first-order chi connectivity index (χ1) is 11.3. The predicted octanol–water partition coefficient (Wildman–Crippen LogP) is 2.30. The standard InChI is InChI=1S/C15H20Cl2N2O4S/c1-2-24(21,22)19-7-5-12(6-8-19)18-15(20)10-23-14-4-3-11(16)9-13(14)17/h3-4,9,12H,2,5-8,10H2,1H3,(H,18,20). The molecule has 0 unspecified atom stereocenters. The number of piperidine rings is 1. The quantitative estimate of drug-likeness (QED) is 0.802. The molecule has 1 aliphatic heterocycles. The molecule has 0 aromatic heterocycles. The van der Waals surface area contributed by atoms with Gasteiger partial charge in [-0.05, 0) is 38.0 Å². The second-order valence-electron chi connectivity index (χ2n) is 5.50. The van der Waals surface area contributed by atoms with E-state index in [2.05, 4.69) is 5.32 Å². The third kappa shape index (κ3) is 5.24. The van der Waals surface area contributed by atoms with E-state index in [0.717, 1.165) is 0 Å². The van der Waals surface area contributed by atoms with Crippen molar-refractivity contribution in [3.8, 4) is 5.75 Å². The van der Waals surface area contributed by atoms with Crippen LogP contribution in [0.15, 0.2) is 18.2 Å². The molecular formula is C15H20Cl2N2O4S. The first kappa shape index (κ1) is 19.3. The van der Waals surface area contributed by atoms with Crippen LogP contribution in [-0.2, 0) is 14.8 Å². The van der Waals surface area contributed by atoms with E-state index in [-0.39, 0.29) is 24.3 Å². The Morgan fingerprint density at radius 1 is 1.33 bits per heavy atom. The Kier molecular flexibility index (Phi) is 6.74. The zero-order chi connectivity index (χ0) is 17.7. The summed E-state index contributed by atoms with van der Waals surface area (Å²) in [6, 6.07) is 4.72. The molecule has 24 heavy (non-hydrogen) atoms.